The van der Waals surface area contributed by atoms with Gasteiger partial charge in [0.15, 0.2) is 5.69 Å². The van der Waals surface area contributed by atoms with Crippen LogP contribution in [-0.4, -0.2) is 63.0 Å². The fourth-order valence-electron chi connectivity index (χ4n) is 3.27. The molecule has 0 aromatic carbocycles. The molecule has 1 saturated heterocycles. The number of aromatic hydroxyl groups is 1. The lowest BCUT2D eigenvalue weighted by molar-refractivity contribution is -0.114. The molecule has 0 aliphatic carbocycles. The number of esters is 1. The van der Waals surface area contributed by atoms with Crippen LogP contribution in [-0.2, 0) is 21.6 Å². The van der Waals surface area contributed by atoms with Gasteiger partial charge in [-0.25, -0.2) is 14.6 Å². The number of ether oxygens (including phenoxy) is 2. The molecule has 1 amide bonds. The Balaban J connectivity index is 2.05. The molecule has 10 nitrogen and oxygen atoms in total. The van der Waals surface area contributed by atoms with Crippen molar-refractivity contribution in [2.45, 2.75) is 31.9 Å². The third-order valence-electron chi connectivity index (χ3n) is 4.56. The Hall–Kier alpha value is -2.62. The van der Waals surface area contributed by atoms with Gasteiger partial charge in [0.1, 0.15) is 11.4 Å². The summed E-state index contributed by atoms with van der Waals surface area (Å²) in [5, 5.41) is 19.1. The zero-order chi connectivity index (χ0) is 18.2. The molecule has 1 fully saturated rings. The standard InChI is InChI=1S/C15H19N3O7/c1-2-24-12(21)9-10(19)11(20)18-7-8-25-15(13(18)16-9)3-5-17(6-4-15)14(22)23/h19H,2-8H2,1H3,(H,22,23). The highest BCUT2D eigenvalue weighted by molar-refractivity contribution is 5.90. The molecule has 0 saturated carbocycles. The molecule has 2 aliphatic rings. The molecule has 2 N–H and O–H groups in total. The summed E-state index contributed by atoms with van der Waals surface area (Å²) in [6, 6.07) is 0. The van der Waals surface area contributed by atoms with Gasteiger partial charge < -0.3 is 24.6 Å². The fraction of sp³-hybridized carbons (Fsp3) is 0.600. The second-order valence-corrected chi connectivity index (χ2v) is 5.92. The number of hydrogen-bond donors (Lipinski definition) is 2. The number of amides is 1. The van der Waals surface area contributed by atoms with Crippen LogP contribution in [0.5, 0.6) is 5.75 Å². The van der Waals surface area contributed by atoms with Crippen molar-refractivity contribution in [3.63, 3.8) is 0 Å². The minimum absolute atomic E-state index is 0.0770. The van der Waals surface area contributed by atoms with E-state index in [0.717, 1.165) is 0 Å². The average Bonchev–Trinajstić information content (AvgIpc) is 2.59. The highest BCUT2D eigenvalue weighted by Crippen LogP contribution is 2.38. The van der Waals surface area contributed by atoms with Crippen molar-refractivity contribution in [2.24, 2.45) is 0 Å². The Morgan fingerprint density at radius 3 is 2.60 bits per heavy atom. The molecule has 136 valence electrons. The maximum Gasteiger partial charge on any atom is 0.407 e. The van der Waals surface area contributed by atoms with E-state index in [-0.39, 0.29) is 38.7 Å². The van der Waals surface area contributed by atoms with Crippen LogP contribution < -0.4 is 5.56 Å². The van der Waals surface area contributed by atoms with E-state index < -0.39 is 34.7 Å². The number of hydrogen-bond acceptors (Lipinski definition) is 7. The molecule has 0 unspecified atom stereocenters. The lowest BCUT2D eigenvalue weighted by atomic mass is 9.89. The Morgan fingerprint density at radius 1 is 1.32 bits per heavy atom. The molecule has 0 radical (unpaired) electrons. The van der Waals surface area contributed by atoms with Crippen LogP contribution in [0.25, 0.3) is 0 Å². The largest absolute Gasteiger partial charge is 0.501 e. The second kappa shape index (κ2) is 6.36. The number of nitrogens with zero attached hydrogens (tertiary/aromatic N) is 3. The van der Waals surface area contributed by atoms with E-state index in [1.54, 1.807) is 6.92 Å². The summed E-state index contributed by atoms with van der Waals surface area (Å²) in [5.74, 6) is -1.40. The summed E-state index contributed by atoms with van der Waals surface area (Å²) < 4.78 is 12.0. The van der Waals surface area contributed by atoms with Gasteiger partial charge in [-0.3, -0.25) is 9.36 Å². The van der Waals surface area contributed by atoms with Gasteiger partial charge in [0.25, 0.3) is 5.56 Å². The first-order chi connectivity index (χ1) is 11.9. The Morgan fingerprint density at radius 2 is 2.00 bits per heavy atom. The van der Waals surface area contributed by atoms with Crippen molar-refractivity contribution in [2.75, 3.05) is 26.3 Å². The predicted molar refractivity (Wildman–Crippen MR) is 82.6 cm³/mol. The number of fused-ring (bicyclic) bond motifs is 2. The molecule has 25 heavy (non-hydrogen) atoms. The normalized spacial score (nSPS) is 18.7. The van der Waals surface area contributed by atoms with Crippen LogP contribution in [0.4, 0.5) is 4.79 Å². The Kier molecular flexibility index (Phi) is 4.38. The number of aromatic nitrogens is 2. The summed E-state index contributed by atoms with van der Waals surface area (Å²) >= 11 is 0. The van der Waals surface area contributed by atoms with Crippen molar-refractivity contribution in [3.05, 3.63) is 21.9 Å². The number of likely N-dealkylation sites (tertiary alicyclic amines) is 1. The third kappa shape index (κ3) is 2.82. The van der Waals surface area contributed by atoms with Crippen molar-refractivity contribution < 1.29 is 29.3 Å². The van der Waals surface area contributed by atoms with Gasteiger partial charge in [-0.05, 0) is 6.92 Å². The van der Waals surface area contributed by atoms with Crippen LogP contribution in [0.15, 0.2) is 4.79 Å². The van der Waals surface area contributed by atoms with Gasteiger partial charge in [0.2, 0.25) is 5.75 Å². The number of carbonyl (C=O) groups excluding carboxylic acids is 1. The molecule has 1 spiro atoms. The number of carbonyl (C=O) groups is 2. The SMILES string of the molecule is CCOC(=O)c1nc2n(c(=O)c1O)CCOC21CCN(C(=O)O)CC1. The molecule has 3 heterocycles. The molecule has 10 heteroatoms. The molecule has 0 bridgehead atoms. The summed E-state index contributed by atoms with van der Waals surface area (Å²) in [6.45, 7) is 2.56. The predicted octanol–water partition coefficient (Wildman–Crippen LogP) is 0.125. The zero-order valence-corrected chi connectivity index (χ0v) is 13.7. The number of carboxylic acid groups (broad SMARTS) is 1. The summed E-state index contributed by atoms with van der Waals surface area (Å²) in [6.07, 6.45) is -0.411. The van der Waals surface area contributed by atoms with Crippen LogP contribution >= 0.6 is 0 Å². The van der Waals surface area contributed by atoms with E-state index in [1.807, 2.05) is 0 Å². The second-order valence-electron chi connectivity index (χ2n) is 5.92. The summed E-state index contributed by atoms with van der Waals surface area (Å²) in [4.78, 5) is 41.0. The highest BCUT2D eigenvalue weighted by Gasteiger charge is 2.45. The Bertz CT molecular complexity index is 765. The van der Waals surface area contributed by atoms with Crippen LogP contribution in [0.1, 0.15) is 36.1 Å². The molecular weight excluding hydrogens is 334 g/mol. The zero-order valence-electron chi connectivity index (χ0n) is 13.7. The molecule has 0 atom stereocenters. The van der Waals surface area contributed by atoms with E-state index in [2.05, 4.69) is 4.98 Å². The van der Waals surface area contributed by atoms with Gasteiger partial charge in [0.05, 0.1) is 19.8 Å². The fourth-order valence-corrected chi connectivity index (χ4v) is 3.27. The minimum atomic E-state index is -1.02. The van der Waals surface area contributed by atoms with Gasteiger partial charge in [-0.2, -0.15) is 0 Å². The lowest BCUT2D eigenvalue weighted by Gasteiger charge is -2.43. The van der Waals surface area contributed by atoms with Gasteiger partial charge in [-0.15, -0.1) is 0 Å². The minimum Gasteiger partial charge on any atom is -0.501 e. The van der Waals surface area contributed by atoms with E-state index >= 15 is 0 Å². The van der Waals surface area contributed by atoms with Crippen molar-refractivity contribution in [1.82, 2.24) is 14.5 Å². The smallest absolute Gasteiger partial charge is 0.407 e. The number of piperidine rings is 1. The maximum atomic E-state index is 12.4. The lowest BCUT2D eigenvalue weighted by Crippen LogP contribution is -2.52. The first-order valence-corrected chi connectivity index (χ1v) is 8.03. The monoisotopic (exact) mass is 353 g/mol. The van der Waals surface area contributed by atoms with Crippen LogP contribution in [0, 0.1) is 0 Å². The first kappa shape index (κ1) is 17.2. The number of rotatable bonds is 2. The summed E-state index contributed by atoms with van der Waals surface area (Å²) in [5.41, 5.74) is -2.13. The first-order valence-electron chi connectivity index (χ1n) is 8.03. The van der Waals surface area contributed by atoms with Gasteiger partial charge in [0, 0.05) is 25.9 Å². The van der Waals surface area contributed by atoms with E-state index in [0.29, 0.717) is 12.8 Å². The third-order valence-corrected chi connectivity index (χ3v) is 4.56. The quantitative estimate of drug-likeness (QED) is 0.717. The Labute approximate surface area is 142 Å². The van der Waals surface area contributed by atoms with E-state index in [1.165, 1.54) is 9.47 Å². The molecule has 3 rings (SSSR count). The summed E-state index contributed by atoms with van der Waals surface area (Å²) in [7, 11) is 0. The maximum absolute atomic E-state index is 12.4. The highest BCUT2D eigenvalue weighted by atomic mass is 16.5. The van der Waals surface area contributed by atoms with Gasteiger partial charge in [-0.1, -0.05) is 0 Å². The van der Waals surface area contributed by atoms with Gasteiger partial charge >= 0.3 is 12.1 Å². The molecule has 1 aromatic rings. The van der Waals surface area contributed by atoms with Crippen molar-refractivity contribution in [3.8, 4) is 5.75 Å². The van der Waals surface area contributed by atoms with E-state index in [4.69, 9.17) is 14.6 Å². The molecule has 1 aromatic heterocycles. The van der Waals surface area contributed by atoms with E-state index in [9.17, 15) is 19.5 Å². The molecule has 2 aliphatic heterocycles. The van der Waals surface area contributed by atoms with Crippen molar-refractivity contribution >= 4 is 12.1 Å². The van der Waals surface area contributed by atoms with Crippen LogP contribution in [0.2, 0.25) is 0 Å². The van der Waals surface area contributed by atoms with Crippen LogP contribution in [0.3, 0.4) is 0 Å². The van der Waals surface area contributed by atoms with Crippen molar-refractivity contribution in [1.29, 1.82) is 0 Å². The average molecular weight is 353 g/mol. The topological polar surface area (TPSA) is 131 Å². The molecular formula is C15H19N3O7.